The number of hydrogen-bond donors (Lipinski definition) is 1. The van der Waals surface area contributed by atoms with Gasteiger partial charge in [-0.25, -0.2) is 12.8 Å². The van der Waals surface area contributed by atoms with Crippen LogP contribution in [0.5, 0.6) is 0 Å². The van der Waals surface area contributed by atoms with Gasteiger partial charge in [-0.2, -0.15) is 4.31 Å². The average molecular weight is 464 g/mol. The number of carbonyl (C=O) groups excluding carboxylic acids is 1. The van der Waals surface area contributed by atoms with Gasteiger partial charge in [0.1, 0.15) is 5.82 Å². The summed E-state index contributed by atoms with van der Waals surface area (Å²) in [4.78, 5) is 12.4. The van der Waals surface area contributed by atoms with Gasteiger partial charge in [0.25, 0.3) is 5.91 Å². The van der Waals surface area contributed by atoms with Crippen LogP contribution in [0, 0.1) is 5.82 Å². The van der Waals surface area contributed by atoms with E-state index in [0.29, 0.717) is 17.6 Å². The molecule has 0 unspecified atom stereocenters. The zero-order valence-electron chi connectivity index (χ0n) is 14.1. The Morgan fingerprint density at radius 2 is 1.85 bits per heavy atom. The number of nitrogens with one attached hydrogen (secondary N) is 1. The van der Waals surface area contributed by atoms with Crippen LogP contribution in [0.3, 0.4) is 0 Å². The minimum absolute atomic E-state index is 0.0132. The standard InChI is InChI=1S/C17H17BrClFN2O3S/c1-3-22(4-2)26(24,25)12-6-8-15(19)16(10-12)21-17(23)13-9-11(20)5-7-14(13)18/h5-10H,3-4H2,1-2H3,(H,21,23). The van der Waals surface area contributed by atoms with Crippen LogP contribution in [0.1, 0.15) is 24.2 Å². The van der Waals surface area contributed by atoms with E-state index in [2.05, 4.69) is 21.2 Å². The Hall–Kier alpha value is -1.48. The molecule has 2 rings (SSSR count). The summed E-state index contributed by atoms with van der Waals surface area (Å²) in [7, 11) is -3.70. The Balaban J connectivity index is 2.39. The third-order valence-electron chi connectivity index (χ3n) is 3.70. The fourth-order valence-corrected chi connectivity index (χ4v) is 4.41. The molecule has 0 bridgehead atoms. The van der Waals surface area contributed by atoms with Gasteiger partial charge >= 0.3 is 0 Å². The van der Waals surface area contributed by atoms with E-state index >= 15 is 0 Å². The van der Waals surface area contributed by atoms with Gasteiger partial charge in [-0.15, -0.1) is 0 Å². The van der Waals surface area contributed by atoms with Crippen molar-refractivity contribution in [2.75, 3.05) is 18.4 Å². The maximum absolute atomic E-state index is 13.4. The van der Waals surface area contributed by atoms with Crippen LogP contribution in [-0.2, 0) is 10.0 Å². The summed E-state index contributed by atoms with van der Waals surface area (Å²) in [6.07, 6.45) is 0. The lowest BCUT2D eigenvalue weighted by Crippen LogP contribution is -2.30. The maximum Gasteiger partial charge on any atom is 0.256 e. The molecule has 0 aromatic heterocycles. The molecule has 1 amide bonds. The number of sulfonamides is 1. The molecule has 0 radical (unpaired) electrons. The van der Waals surface area contributed by atoms with Crippen LogP contribution >= 0.6 is 27.5 Å². The third-order valence-corrected chi connectivity index (χ3v) is 6.77. The summed E-state index contributed by atoms with van der Waals surface area (Å²) in [5, 5.41) is 2.70. The number of carbonyl (C=O) groups is 1. The molecule has 0 fully saturated rings. The van der Waals surface area contributed by atoms with Crippen LogP contribution < -0.4 is 5.32 Å². The number of halogens is 3. The molecule has 5 nitrogen and oxygen atoms in total. The number of hydrogen-bond acceptors (Lipinski definition) is 3. The van der Waals surface area contributed by atoms with Crippen LogP contribution in [0.25, 0.3) is 0 Å². The largest absolute Gasteiger partial charge is 0.321 e. The highest BCUT2D eigenvalue weighted by atomic mass is 79.9. The first kappa shape index (κ1) is 20.8. The summed E-state index contributed by atoms with van der Waals surface area (Å²) in [6, 6.07) is 7.76. The van der Waals surface area contributed by atoms with E-state index in [4.69, 9.17) is 11.6 Å². The van der Waals surface area contributed by atoms with Gasteiger partial charge in [0, 0.05) is 17.6 Å². The molecule has 0 aliphatic rings. The van der Waals surface area contributed by atoms with Gasteiger partial charge in [-0.3, -0.25) is 4.79 Å². The van der Waals surface area contributed by atoms with Crippen molar-refractivity contribution >= 4 is 49.1 Å². The van der Waals surface area contributed by atoms with Crippen LogP contribution in [0.4, 0.5) is 10.1 Å². The molecule has 0 saturated heterocycles. The van der Waals surface area contributed by atoms with Crippen LogP contribution in [0.2, 0.25) is 5.02 Å². The van der Waals surface area contributed by atoms with Crippen molar-refractivity contribution in [3.05, 3.63) is 57.3 Å². The fourth-order valence-electron chi connectivity index (χ4n) is 2.33. The molecule has 2 aromatic rings. The summed E-state index contributed by atoms with van der Waals surface area (Å²) in [5.41, 5.74) is 0.194. The second kappa shape index (κ2) is 8.47. The third kappa shape index (κ3) is 4.43. The molecule has 9 heteroatoms. The van der Waals surface area contributed by atoms with Gasteiger partial charge in [-0.1, -0.05) is 25.4 Å². The molecule has 1 N–H and O–H groups in total. The number of amides is 1. The lowest BCUT2D eigenvalue weighted by atomic mass is 10.2. The molecule has 0 aliphatic heterocycles. The molecule has 140 valence electrons. The molecule has 0 spiro atoms. The summed E-state index contributed by atoms with van der Waals surface area (Å²) in [5.74, 6) is -1.18. The van der Waals surface area contributed by atoms with Gasteiger partial charge in [-0.05, 0) is 52.3 Å². The lowest BCUT2D eigenvalue weighted by Gasteiger charge is -2.19. The molecule has 26 heavy (non-hydrogen) atoms. The smallest absolute Gasteiger partial charge is 0.256 e. The quantitative estimate of drug-likeness (QED) is 0.685. The van der Waals surface area contributed by atoms with E-state index in [1.54, 1.807) is 13.8 Å². The number of nitrogens with zero attached hydrogens (tertiary/aromatic N) is 1. The van der Waals surface area contributed by atoms with E-state index in [1.807, 2.05) is 0 Å². The van der Waals surface area contributed by atoms with Crippen molar-refractivity contribution in [3.63, 3.8) is 0 Å². The van der Waals surface area contributed by atoms with Crippen molar-refractivity contribution < 1.29 is 17.6 Å². The summed E-state index contributed by atoms with van der Waals surface area (Å²) in [6.45, 7) is 4.11. The van der Waals surface area contributed by atoms with Gasteiger partial charge in [0.2, 0.25) is 10.0 Å². The molecular weight excluding hydrogens is 447 g/mol. The highest BCUT2D eigenvalue weighted by Crippen LogP contribution is 2.28. The predicted octanol–water partition coefficient (Wildman–Crippen LogP) is 4.52. The second-order valence-electron chi connectivity index (χ2n) is 5.31. The SMILES string of the molecule is CCN(CC)S(=O)(=O)c1ccc(Cl)c(NC(=O)c2cc(F)ccc2Br)c1. The fraction of sp³-hybridized carbons (Fsp3) is 0.235. The zero-order chi connectivity index (χ0) is 19.5. The first-order valence-electron chi connectivity index (χ1n) is 7.76. The monoisotopic (exact) mass is 462 g/mol. The van der Waals surface area contributed by atoms with Gasteiger partial charge in [0.15, 0.2) is 0 Å². The zero-order valence-corrected chi connectivity index (χ0v) is 17.3. The molecular formula is C17H17BrClFN2O3S. The number of anilines is 1. The van der Waals surface area contributed by atoms with E-state index in [0.717, 1.165) is 6.07 Å². The van der Waals surface area contributed by atoms with Gasteiger partial charge < -0.3 is 5.32 Å². The first-order valence-corrected chi connectivity index (χ1v) is 10.4. The molecule has 0 atom stereocenters. The molecule has 0 saturated carbocycles. The van der Waals surface area contributed by atoms with Crippen LogP contribution in [0.15, 0.2) is 45.8 Å². The second-order valence-corrected chi connectivity index (χ2v) is 8.51. The highest BCUT2D eigenvalue weighted by Gasteiger charge is 2.23. The Kier molecular flexibility index (Phi) is 6.79. The lowest BCUT2D eigenvalue weighted by molar-refractivity contribution is 0.102. The highest BCUT2D eigenvalue weighted by molar-refractivity contribution is 9.10. The number of benzene rings is 2. The van der Waals surface area contributed by atoms with Crippen molar-refractivity contribution in [3.8, 4) is 0 Å². The van der Waals surface area contributed by atoms with E-state index in [9.17, 15) is 17.6 Å². The topological polar surface area (TPSA) is 66.5 Å². The molecule has 2 aromatic carbocycles. The normalized spacial score (nSPS) is 11.6. The molecule has 0 aliphatic carbocycles. The Labute approximate surface area is 165 Å². The van der Waals surface area contributed by atoms with E-state index < -0.39 is 21.7 Å². The first-order chi connectivity index (χ1) is 12.2. The van der Waals surface area contributed by atoms with Crippen molar-refractivity contribution in [1.29, 1.82) is 0 Å². The Bertz CT molecular complexity index is 934. The van der Waals surface area contributed by atoms with E-state index in [1.165, 1.54) is 34.6 Å². The predicted molar refractivity (Wildman–Crippen MR) is 104 cm³/mol. The number of rotatable bonds is 6. The van der Waals surface area contributed by atoms with Crippen molar-refractivity contribution in [1.82, 2.24) is 4.31 Å². The Morgan fingerprint density at radius 1 is 1.19 bits per heavy atom. The van der Waals surface area contributed by atoms with E-state index in [-0.39, 0.29) is 21.2 Å². The summed E-state index contributed by atoms with van der Waals surface area (Å²) < 4.78 is 40.4. The molecule has 0 heterocycles. The summed E-state index contributed by atoms with van der Waals surface area (Å²) >= 11 is 9.27. The maximum atomic E-state index is 13.4. The minimum Gasteiger partial charge on any atom is -0.321 e. The minimum atomic E-state index is -3.70. The Morgan fingerprint density at radius 3 is 2.46 bits per heavy atom. The van der Waals surface area contributed by atoms with Crippen molar-refractivity contribution in [2.45, 2.75) is 18.7 Å². The van der Waals surface area contributed by atoms with Gasteiger partial charge in [0.05, 0.1) is 21.2 Å². The van der Waals surface area contributed by atoms with Crippen LogP contribution in [-0.4, -0.2) is 31.7 Å². The van der Waals surface area contributed by atoms with Crippen molar-refractivity contribution in [2.24, 2.45) is 0 Å². The average Bonchev–Trinajstić information content (AvgIpc) is 2.59.